The van der Waals surface area contributed by atoms with E-state index >= 15 is 0 Å². The van der Waals surface area contributed by atoms with Gasteiger partial charge in [0.1, 0.15) is 0 Å². The molecule has 0 aliphatic carbocycles. The lowest BCUT2D eigenvalue weighted by Crippen LogP contribution is -2.23. The summed E-state index contributed by atoms with van der Waals surface area (Å²) in [5.41, 5.74) is 0.708. The largest absolute Gasteiger partial charge is 0.349 e. The molecule has 1 unspecified atom stereocenters. The van der Waals surface area contributed by atoms with E-state index in [0.29, 0.717) is 18.0 Å². The van der Waals surface area contributed by atoms with Crippen LogP contribution in [0.4, 0.5) is 0 Å². The first-order valence-electron chi connectivity index (χ1n) is 5.74. The van der Waals surface area contributed by atoms with E-state index in [2.05, 4.69) is 25.2 Å². The van der Waals surface area contributed by atoms with Gasteiger partial charge in [-0.3, -0.25) is 4.79 Å². The maximum atomic E-state index is 11.6. The molecule has 1 rings (SSSR count). The maximum Gasteiger partial charge on any atom is 0.251 e. The van der Waals surface area contributed by atoms with Crippen molar-refractivity contribution < 1.29 is 4.79 Å². The number of carbonyl (C=O) groups is 1. The van der Waals surface area contributed by atoms with Crippen LogP contribution in [0, 0.1) is 5.92 Å². The summed E-state index contributed by atoms with van der Waals surface area (Å²) in [6, 6.07) is 9.26. The number of hydrogen-bond acceptors (Lipinski definition) is 1. The third kappa shape index (κ3) is 4.30. The summed E-state index contributed by atoms with van der Waals surface area (Å²) in [6.07, 6.45) is 5.27. The Morgan fingerprint density at radius 1 is 1.38 bits per heavy atom. The van der Waals surface area contributed by atoms with Crippen molar-refractivity contribution in [1.82, 2.24) is 5.32 Å². The second-order valence-corrected chi connectivity index (χ2v) is 3.89. The topological polar surface area (TPSA) is 29.1 Å². The number of amides is 1. The second-order valence-electron chi connectivity index (χ2n) is 3.89. The van der Waals surface area contributed by atoms with E-state index in [1.54, 1.807) is 0 Å². The van der Waals surface area contributed by atoms with Crippen LogP contribution in [0.1, 0.15) is 30.6 Å². The molecule has 2 heteroatoms. The van der Waals surface area contributed by atoms with Crippen molar-refractivity contribution in [3.8, 4) is 0 Å². The van der Waals surface area contributed by atoms with Crippen LogP contribution in [0.3, 0.4) is 0 Å². The molecule has 0 aromatic heterocycles. The van der Waals surface area contributed by atoms with E-state index < -0.39 is 0 Å². The fourth-order valence-electron chi connectivity index (χ4n) is 1.28. The normalized spacial score (nSPS) is 12.6. The molecule has 2 nitrogen and oxygen atoms in total. The minimum atomic E-state index is -0.0191. The highest BCUT2D eigenvalue weighted by Gasteiger charge is 2.01. The molecule has 86 valence electrons. The van der Waals surface area contributed by atoms with Gasteiger partial charge in [-0.15, -0.1) is 0 Å². The zero-order valence-corrected chi connectivity index (χ0v) is 9.94. The molecular formula is C14H19NO. The van der Waals surface area contributed by atoms with Crippen molar-refractivity contribution in [2.75, 3.05) is 6.54 Å². The van der Waals surface area contributed by atoms with E-state index in [1.165, 1.54) is 0 Å². The maximum absolute atomic E-state index is 11.6. The third-order valence-electron chi connectivity index (χ3n) is 2.53. The summed E-state index contributed by atoms with van der Waals surface area (Å²) in [5.74, 6) is 0.558. The van der Waals surface area contributed by atoms with Gasteiger partial charge in [-0.1, -0.05) is 50.6 Å². The van der Waals surface area contributed by atoms with Crippen LogP contribution in [0.15, 0.2) is 42.5 Å². The van der Waals surface area contributed by atoms with E-state index in [9.17, 15) is 4.79 Å². The Kier molecular flexibility index (Phi) is 5.34. The SMILES string of the molecule is CCC(C)/C=C/CNC(=O)c1ccccc1. The molecule has 1 N–H and O–H groups in total. The van der Waals surface area contributed by atoms with Crippen LogP contribution in [0.5, 0.6) is 0 Å². The number of rotatable bonds is 5. The van der Waals surface area contributed by atoms with Crippen LogP contribution in [0.25, 0.3) is 0 Å². The van der Waals surface area contributed by atoms with Crippen LogP contribution in [-0.2, 0) is 0 Å². The van der Waals surface area contributed by atoms with E-state index in [0.717, 1.165) is 6.42 Å². The van der Waals surface area contributed by atoms with Gasteiger partial charge in [-0.05, 0) is 18.1 Å². The van der Waals surface area contributed by atoms with Crippen molar-refractivity contribution in [1.29, 1.82) is 0 Å². The smallest absolute Gasteiger partial charge is 0.251 e. The fraction of sp³-hybridized carbons (Fsp3) is 0.357. The van der Waals surface area contributed by atoms with Gasteiger partial charge in [-0.25, -0.2) is 0 Å². The zero-order chi connectivity index (χ0) is 11.8. The molecule has 0 aliphatic rings. The van der Waals surface area contributed by atoms with Gasteiger partial charge in [0.2, 0.25) is 0 Å². The Hall–Kier alpha value is -1.57. The quantitative estimate of drug-likeness (QED) is 0.755. The zero-order valence-electron chi connectivity index (χ0n) is 9.94. The molecule has 0 spiro atoms. The first-order chi connectivity index (χ1) is 7.74. The average molecular weight is 217 g/mol. The lowest BCUT2D eigenvalue weighted by molar-refractivity contribution is 0.0958. The van der Waals surface area contributed by atoms with Gasteiger partial charge < -0.3 is 5.32 Å². The minimum Gasteiger partial charge on any atom is -0.349 e. The van der Waals surface area contributed by atoms with Crippen molar-refractivity contribution in [2.24, 2.45) is 5.92 Å². The first kappa shape index (κ1) is 12.5. The molecule has 0 saturated heterocycles. The monoisotopic (exact) mass is 217 g/mol. The number of hydrogen-bond donors (Lipinski definition) is 1. The Labute approximate surface area is 97.4 Å². The number of benzene rings is 1. The van der Waals surface area contributed by atoms with Crippen LogP contribution in [0.2, 0.25) is 0 Å². The molecule has 0 bridgehead atoms. The van der Waals surface area contributed by atoms with Crippen LogP contribution >= 0.6 is 0 Å². The van der Waals surface area contributed by atoms with Gasteiger partial charge in [0, 0.05) is 12.1 Å². The highest BCUT2D eigenvalue weighted by Crippen LogP contribution is 2.01. The van der Waals surface area contributed by atoms with Crippen LogP contribution in [-0.4, -0.2) is 12.5 Å². The predicted octanol–water partition coefficient (Wildman–Crippen LogP) is 3.02. The summed E-state index contributed by atoms with van der Waals surface area (Å²) in [7, 11) is 0. The molecule has 1 amide bonds. The lowest BCUT2D eigenvalue weighted by atomic mass is 10.1. The van der Waals surface area contributed by atoms with Crippen LogP contribution < -0.4 is 5.32 Å². The highest BCUT2D eigenvalue weighted by atomic mass is 16.1. The van der Waals surface area contributed by atoms with Crippen molar-refractivity contribution in [3.05, 3.63) is 48.0 Å². The van der Waals surface area contributed by atoms with Gasteiger partial charge in [0.05, 0.1) is 0 Å². The molecule has 1 aromatic carbocycles. The lowest BCUT2D eigenvalue weighted by Gasteiger charge is -2.03. The summed E-state index contributed by atoms with van der Waals surface area (Å²) < 4.78 is 0. The summed E-state index contributed by atoms with van der Waals surface area (Å²) in [5, 5.41) is 2.85. The molecule has 0 radical (unpaired) electrons. The fourth-order valence-corrected chi connectivity index (χ4v) is 1.28. The summed E-state index contributed by atoms with van der Waals surface area (Å²) >= 11 is 0. The molecule has 0 heterocycles. The van der Waals surface area contributed by atoms with E-state index in [4.69, 9.17) is 0 Å². The number of carbonyl (C=O) groups excluding carboxylic acids is 1. The Morgan fingerprint density at radius 2 is 2.06 bits per heavy atom. The van der Waals surface area contributed by atoms with E-state index in [-0.39, 0.29) is 5.91 Å². The van der Waals surface area contributed by atoms with Crippen molar-refractivity contribution in [2.45, 2.75) is 20.3 Å². The van der Waals surface area contributed by atoms with Gasteiger partial charge in [-0.2, -0.15) is 0 Å². The predicted molar refractivity (Wildman–Crippen MR) is 67.4 cm³/mol. The standard InChI is InChI=1S/C14H19NO/c1-3-12(2)8-7-11-15-14(16)13-9-5-4-6-10-13/h4-10,12H,3,11H2,1-2H3,(H,15,16)/b8-7+. The molecule has 1 aromatic rings. The van der Waals surface area contributed by atoms with Crippen molar-refractivity contribution >= 4 is 5.91 Å². The number of nitrogens with one attached hydrogen (secondary N) is 1. The van der Waals surface area contributed by atoms with Gasteiger partial charge >= 0.3 is 0 Å². The molecule has 16 heavy (non-hydrogen) atoms. The highest BCUT2D eigenvalue weighted by molar-refractivity contribution is 5.94. The van der Waals surface area contributed by atoms with Gasteiger partial charge in [0.25, 0.3) is 5.91 Å². The summed E-state index contributed by atoms with van der Waals surface area (Å²) in [6.45, 7) is 4.91. The number of allylic oxidation sites excluding steroid dienone is 1. The third-order valence-corrected chi connectivity index (χ3v) is 2.53. The molecule has 0 saturated carbocycles. The summed E-state index contributed by atoms with van der Waals surface area (Å²) in [4.78, 5) is 11.6. The molecular weight excluding hydrogens is 198 g/mol. The average Bonchev–Trinajstić information content (AvgIpc) is 2.35. The second kappa shape index (κ2) is 6.83. The molecule has 0 fully saturated rings. The first-order valence-corrected chi connectivity index (χ1v) is 5.74. The Bertz CT molecular complexity index is 343. The molecule has 0 aliphatic heterocycles. The Morgan fingerprint density at radius 3 is 2.69 bits per heavy atom. The van der Waals surface area contributed by atoms with E-state index in [1.807, 2.05) is 36.4 Å². The van der Waals surface area contributed by atoms with Crippen molar-refractivity contribution in [3.63, 3.8) is 0 Å². The van der Waals surface area contributed by atoms with Gasteiger partial charge in [0.15, 0.2) is 0 Å². The minimum absolute atomic E-state index is 0.0191. The Balaban J connectivity index is 2.34. The molecule has 1 atom stereocenters.